The summed E-state index contributed by atoms with van der Waals surface area (Å²) >= 11 is 1.56. The highest BCUT2D eigenvalue weighted by Crippen LogP contribution is 2.36. The maximum Gasteiger partial charge on any atom is 0.404 e. The molecule has 1 heterocycles. The van der Waals surface area contributed by atoms with Crippen LogP contribution in [0.5, 0.6) is 0 Å². The SMILES string of the molecule is CC(C)(C)C(NC(=O)O)C1CCC(Nc2nc(-c3ccc(C(N)=O)cc3)cs2)CC1. The zero-order valence-electron chi connectivity index (χ0n) is 17.6. The lowest BCUT2D eigenvalue weighted by atomic mass is 9.72. The largest absolute Gasteiger partial charge is 0.465 e. The number of hydrogen-bond donors (Lipinski definition) is 4. The number of anilines is 1. The molecular weight excluding hydrogens is 400 g/mol. The monoisotopic (exact) mass is 430 g/mol. The Morgan fingerprint density at radius 2 is 1.80 bits per heavy atom. The predicted molar refractivity (Wildman–Crippen MR) is 120 cm³/mol. The summed E-state index contributed by atoms with van der Waals surface area (Å²) in [6.07, 6.45) is 2.98. The van der Waals surface area contributed by atoms with Gasteiger partial charge in [0.05, 0.1) is 5.69 Å². The summed E-state index contributed by atoms with van der Waals surface area (Å²) in [6.45, 7) is 6.26. The van der Waals surface area contributed by atoms with Gasteiger partial charge in [-0.1, -0.05) is 32.9 Å². The van der Waals surface area contributed by atoms with Gasteiger partial charge in [-0.2, -0.15) is 0 Å². The molecule has 3 rings (SSSR count). The first-order valence-corrected chi connectivity index (χ1v) is 11.1. The molecule has 1 unspecified atom stereocenters. The van der Waals surface area contributed by atoms with Crippen LogP contribution in [0.15, 0.2) is 29.6 Å². The Hall–Kier alpha value is -2.61. The molecule has 7 nitrogen and oxygen atoms in total. The van der Waals surface area contributed by atoms with Crippen LogP contribution < -0.4 is 16.4 Å². The number of primary amides is 1. The highest BCUT2D eigenvalue weighted by molar-refractivity contribution is 7.14. The molecule has 1 aliphatic rings. The van der Waals surface area contributed by atoms with E-state index in [1.165, 1.54) is 0 Å². The summed E-state index contributed by atoms with van der Waals surface area (Å²) in [5.74, 6) is -0.0974. The number of carboxylic acid groups (broad SMARTS) is 1. The van der Waals surface area contributed by atoms with E-state index in [1.54, 1.807) is 23.5 Å². The van der Waals surface area contributed by atoms with E-state index in [9.17, 15) is 14.7 Å². The minimum atomic E-state index is -0.950. The van der Waals surface area contributed by atoms with Crippen molar-refractivity contribution < 1.29 is 14.7 Å². The summed E-state index contributed by atoms with van der Waals surface area (Å²) in [6, 6.07) is 7.41. The Kier molecular flexibility index (Phi) is 6.65. The second kappa shape index (κ2) is 9.04. The predicted octanol–water partition coefficient (Wildman–Crippen LogP) is 4.56. The maximum absolute atomic E-state index is 11.2. The van der Waals surface area contributed by atoms with Gasteiger partial charge in [0.2, 0.25) is 5.91 Å². The van der Waals surface area contributed by atoms with E-state index in [1.807, 2.05) is 17.5 Å². The number of amides is 2. The average Bonchev–Trinajstić information content (AvgIpc) is 3.14. The number of carbonyl (C=O) groups excluding carboxylic acids is 1. The molecule has 1 saturated carbocycles. The fourth-order valence-corrected chi connectivity index (χ4v) is 5.02. The molecule has 8 heteroatoms. The van der Waals surface area contributed by atoms with Crippen molar-refractivity contribution in [2.45, 2.75) is 58.5 Å². The van der Waals surface area contributed by atoms with Crippen LogP contribution in [-0.2, 0) is 0 Å². The van der Waals surface area contributed by atoms with Gasteiger partial charge in [0.1, 0.15) is 0 Å². The van der Waals surface area contributed by atoms with E-state index in [0.717, 1.165) is 42.1 Å². The molecule has 2 amide bonds. The van der Waals surface area contributed by atoms with Crippen molar-refractivity contribution in [3.05, 3.63) is 35.2 Å². The molecule has 1 atom stereocenters. The van der Waals surface area contributed by atoms with E-state index in [-0.39, 0.29) is 11.5 Å². The topological polar surface area (TPSA) is 117 Å². The molecule has 0 bridgehead atoms. The normalized spacial score (nSPS) is 20.4. The van der Waals surface area contributed by atoms with Crippen LogP contribution in [0.1, 0.15) is 56.8 Å². The number of thiazole rings is 1. The molecule has 1 aromatic carbocycles. The fourth-order valence-electron chi connectivity index (χ4n) is 4.22. The van der Waals surface area contributed by atoms with E-state index in [0.29, 0.717) is 17.5 Å². The second-order valence-electron chi connectivity index (χ2n) is 9.03. The lowest BCUT2D eigenvalue weighted by Crippen LogP contribution is -2.49. The minimum absolute atomic E-state index is 0.0502. The van der Waals surface area contributed by atoms with E-state index in [2.05, 4.69) is 36.4 Å². The molecular formula is C22H30N4O3S. The molecule has 1 fully saturated rings. The third-order valence-corrected chi connectivity index (χ3v) is 6.53. The molecule has 5 N–H and O–H groups in total. The zero-order chi connectivity index (χ0) is 21.9. The molecule has 0 spiro atoms. The summed E-state index contributed by atoms with van der Waals surface area (Å²) in [4.78, 5) is 27.1. The van der Waals surface area contributed by atoms with Gasteiger partial charge < -0.3 is 21.5 Å². The number of nitrogens with zero attached hydrogens (tertiary/aromatic N) is 1. The van der Waals surface area contributed by atoms with Crippen molar-refractivity contribution in [1.82, 2.24) is 10.3 Å². The minimum Gasteiger partial charge on any atom is -0.465 e. The van der Waals surface area contributed by atoms with E-state index >= 15 is 0 Å². The van der Waals surface area contributed by atoms with Crippen molar-refractivity contribution in [3.63, 3.8) is 0 Å². The molecule has 30 heavy (non-hydrogen) atoms. The second-order valence-corrected chi connectivity index (χ2v) is 9.89. The molecule has 162 valence electrons. The van der Waals surface area contributed by atoms with Crippen molar-refractivity contribution in [1.29, 1.82) is 0 Å². The molecule has 0 radical (unpaired) electrons. The maximum atomic E-state index is 11.2. The average molecular weight is 431 g/mol. The first kappa shape index (κ1) is 22.1. The number of nitrogens with two attached hydrogens (primary N) is 1. The van der Waals surface area contributed by atoms with Crippen molar-refractivity contribution >= 4 is 28.5 Å². The fraction of sp³-hybridized carbons (Fsp3) is 0.500. The molecule has 1 aliphatic carbocycles. The lowest BCUT2D eigenvalue weighted by molar-refractivity contribution is 0.1000. The Morgan fingerprint density at radius 1 is 1.17 bits per heavy atom. The third-order valence-electron chi connectivity index (χ3n) is 5.75. The van der Waals surface area contributed by atoms with Crippen LogP contribution >= 0.6 is 11.3 Å². The molecule has 1 aromatic heterocycles. The summed E-state index contributed by atoms with van der Waals surface area (Å²) in [7, 11) is 0. The Labute approximate surface area is 181 Å². The summed E-state index contributed by atoms with van der Waals surface area (Å²) in [5.41, 5.74) is 7.47. The van der Waals surface area contributed by atoms with Gasteiger partial charge in [-0.05, 0) is 49.1 Å². The number of aromatic nitrogens is 1. The van der Waals surface area contributed by atoms with Gasteiger partial charge in [-0.15, -0.1) is 11.3 Å². The number of benzene rings is 1. The number of carbonyl (C=O) groups is 2. The molecule has 0 saturated heterocycles. The van der Waals surface area contributed by atoms with Crippen LogP contribution in [0.25, 0.3) is 11.3 Å². The smallest absolute Gasteiger partial charge is 0.404 e. The van der Waals surface area contributed by atoms with Gasteiger partial charge in [-0.3, -0.25) is 4.79 Å². The molecule has 2 aromatic rings. The number of hydrogen-bond acceptors (Lipinski definition) is 5. The lowest BCUT2D eigenvalue weighted by Gasteiger charge is -2.40. The number of rotatable bonds is 6. The van der Waals surface area contributed by atoms with Crippen LogP contribution in [-0.4, -0.2) is 34.2 Å². The Balaban J connectivity index is 1.58. The summed E-state index contributed by atoms with van der Waals surface area (Å²) < 4.78 is 0. The van der Waals surface area contributed by atoms with Crippen molar-refractivity contribution in [2.24, 2.45) is 17.1 Å². The van der Waals surface area contributed by atoms with Crippen molar-refractivity contribution in [2.75, 3.05) is 5.32 Å². The zero-order valence-corrected chi connectivity index (χ0v) is 18.5. The van der Waals surface area contributed by atoms with E-state index < -0.39 is 12.0 Å². The van der Waals surface area contributed by atoms with Gasteiger partial charge in [0, 0.05) is 28.6 Å². The van der Waals surface area contributed by atoms with E-state index in [4.69, 9.17) is 5.73 Å². The van der Waals surface area contributed by atoms with Crippen LogP contribution in [0, 0.1) is 11.3 Å². The Morgan fingerprint density at radius 3 is 2.33 bits per heavy atom. The number of nitrogens with one attached hydrogen (secondary N) is 2. The van der Waals surface area contributed by atoms with Gasteiger partial charge >= 0.3 is 6.09 Å². The highest BCUT2D eigenvalue weighted by Gasteiger charge is 2.36. The highest BCUT2D eigenvalue weighted by atomic mass is 32.1. The summed E-state index contributed by atoms with van der Waals surface area (Å²) in [5, 5.41) is 18.4. The first-order valence-electron chi connectivity index (χ1n) is 10.2. The first-order chi connectivity index (χ1) is 14.1. The molecule has 0 aliphatic heterocycles. The quantitative estimate of drug-likeness (QED) is 0.536. The van der Waals surface area contributed by atoms with Gasteiger partial charge in [-0.25, -0.2) is 9.78 Å². The standard InChI is InChI=1S/C22H30N4O3S/c1-22(2,3)18(26-21(28)29)14-8-10-16(11-9-14)24-20-25-17(12-30-20)13-4-6-15(7-5-13)19(23)27/h4-7,12,14,16,18,26H,8-11H2,1-3H3,(H2,23,27)(H,24,25)(H,28,29). The van der Waals surface area contributed by atoms with Crippen LogP contribution in [0.3, 0.4) is 0 Å². The third kappa shape index (κ3) is 5.50. The van der Waals surface area contributed by atoms with Crippen molar-refractivity contribution in [3.8, 4) is 11.3 Å². The van der Waals surface area contributed by atoms with Gasteiger partial charge in [0.25, 0.3) is 0 Å². The Bertz CT molecular complexity index is 881. The van der Waals surface area contributed by atoms with Crippen LogP contribution in [0.4, 0.5) is 9.93 Å². The van der Waals surface area contributed by atoms with Gasteiger partial charge in [0.15, 0.2) is 5.13 Å². The van der Waals surface area contributed by atoms with Crippen LogP contribution in [0.2, 0.25) is 0 Å².